The van der Waals surface area contributed by atoms with Crippen molar-refractivity contribution in [3.8, 4) is 11.3 Å². The second-order valence-corrected chi connectivity index (χ2v) is 8.70. The minimum absolute atomic E-state index is 0.185. The standard InChI is InChI=1S/C25H21ClN4O3/c1-30(2)25(32)16-10-11-18(26)20(12-16)27-23(31)17-13-19(14-8-9-14)28-24-21(17)22(29-33-24)15-6-4-3-5-7-15/h3-7,10-14H,8-9H2,1-2H3,(H,27,31). The number of benzene rings is 2. The highest BCUT2D eigenvalue weighted by atomic mass is 35.5. The van der Waals surface area contributed by atoms with Crippen LogP contribution < -0.4 is 5.32 Å². The lowest BCUT2D eigenvalue weighted by atomic mass is 10.0. The Kier molecular flexibility index (Phi) is 5.34. The minimum Gasteiger partial charge on any atom is -0.345 e. The summed E-state index contributed by atoms with van der Waals surface area (Å²) in [6.45, 7) is 0. The number of carbonyl (C=O) groups excluding carboxylic acids is 2. The minimum atomic E-state index is -0.374. The Morgan fingerprint density at radius 2 is 1.85 bits per heavy atom. The van der Waals surface area contributed by atoms with Crippen LogP contribution >= 0.6 is 11.6 Å². The second-order valence-electron chi connectivity index (χ2n) is 8.29. The molecule has 1 saturated carbocycles. The zero-order chi connectivity index (χ0) is 23.1. The van der Waals surface area contributed by atoms with Gasteiger partial charge in [0.25, 0.3) is 17.5 Å². The third kappa shape index (κ3) is 4.07. The van der Waals surface area contributed by atoms with E-state index in [1.165, 1.54) is 4.90 Å². The number of aromatic nitrogens is 2. The summed E-state index contributed by atoms with van der Waals surface area (Å²) in [5.74, 6) is -0.244. The van der Waals surface area contributed by atoms with Crippen molar-refractivity contribution in [3.63, 3.8) is 0 Å². The molecule has 1 aliphatic rings. The molecule has 1 N–H and O–H groups in total. The van der Waals surface area contributed by atoms with Gasteiger partial charge < -0.3 is 14.7 Å². The van der Waals surface area contributed by atoms with E-state index < -0.39 is 0 Å². The van der Waals surface area contributed by atoms with Gasteiger partial charge in [0.1, 0.15) is 5.69 Å². The Morgan fingerprint density at radius 1 is 1.09 bits per heavy atom. The van der Waals surface area contributed by atoms with Crippen molar-refractivity contribution >= 4 is 40.2 Å². The van der Waals surface area contributed by atoms with E-state index in [1.54, 1.807) is 32.3 Å². The number of halogens is 1. The van der Waals surface area contributed by atoms with E-state index in [4.69, 9.17) is 16.1 Å². The Balaban J connectivity index is 1.59. The Labute approximate surface area is 195 Å². The Morgan fingerprint density at radius 3 is 2.55 bits per heavy atom. The molecule has 33 heavy (non-hydrogen) atoms. The maximum atomic E-state index is 13.5. The molecule has 0 unspecified atom stereocenters. The highest BCUT2D eigenvalue weighted by Crippen LogP contribution is 2.41. The third-order valence-electron chi connectivity index (χ3n) is 5.62. The van der Waals surface area contributed by atoms with Crippen LogP contribution in [0.4, 0.5) is 5.69 Å². The molecule has 0 saturated heterocycles. The first-order chi connectivity index (χ1) is 15.9. The number of hydrogen-bond acceptors (Lipinski definition) is 5. The molecule has 0 radical (unpaired) electrons. The topological polar surface area (TPSA) is 88.3 Å². The number of carbonyl (C=O) groups is 2. The van der Waals surface area contributed by atoms with Crippen LogP contribution in [0.2, 0.25) is 5.02 Å². The van der Waals surface area contributed by atoms with Crippen LogP contribution in [0.5, 0.6) is 0 Å². The fourth-order valence-electron chi connectivity index (χ4n) is 3.73. The van der Waals surface area contributed by atoms with Crippen LogP contribution in [0.15, 0.2) is 59.1 Å². The van der Waals surface area contributed by atoms with E-state index in [-0.39, 0.29) is 11.8 Å². The van der Waals surface area contributed by atoms with Gasteiger partial charge >= 0.3 is 0 Å². The van der Waals surface area contributed by atoms with E-state index in [2.05, 4.69) is 15.5 Å². The summed E-state index contributed by atoms with van der Waals surface area (Å²) >= 11 is 6.35. The van der Waals surface area contributed by atoms with Gasteiger partial charge in [0.2, 0.25) is 0 Å². The van der Waals surface area contributed by atoms with E-state index in [1.807, 2.05) is 36.4 Å². The molecule has 5 rings (SSSR count). The normalized spacial score (nSPS) is 13.2. The van der Waals surface area contributed by atoms with Crippen molar-refractivity contribution in [2.75, 3.05) is 19.4 Å². The largest absolute Gasteiger partial charge is 0.345 e. The SMILES string of the molecule is CN(C)C(=O)c1ccc(Cl)c(NC(=O)c2cc(C3CC3)nc3onc(-c4ccccc4)c23)c1. The zero-order valence-electron chi connectivity index (χ0n) is 18.1. The molecule has 0 spiro atoms. The van der Waals surface area contributed by atoms with Crippen LogP contribution in [0, 0.1) is 0 Å². The maximum absolute atomic E-state index is 13.5. The van der Waals surface area contributed by atoms with E-state index >= 15 is 0 Å². The van der Waals surface area contributed by atoms with Crippen molar-refractivity contribution in [1.82, 2.24) is 15.0 Å². The lowest BCUT2D eigenvalue weighted by Gasteiger charge is -2.13. The lowest BCUT2D eigenvalue weighted by molar-refractivity contribution is 0.0827. The number of nitrogens with one attached hydrogen (secondary N) is 1. The molecule has 8 heteroatoms. The predicted molar refractivity (Wildman–Crippen MR) is 127 cm³/mol. The number of anilines is 1. The van der Waals surface area contributed by atoms with Gasteiger partial charge in [-0.15, -0.1) is 0 Å². The van der Waals surface area contributed by atoms with E-state index in [0.29, 0.717) is 44.5 Å². The van der Waals surface area contributed by atoms with Gasteiger partial charge in [-0.05, 0) is 37.1 Å². The van der Waals surface area contributed by atoms with Gasteiger partial charge in [0.15, 0.2) is 0 Å². The van der Waals surface area contributed by atoms with Crippen LogP contribution in [0.25, 0.3) is 22.4 Å². The summed E-state index contributed by atoms with van der Waals surface area (Å²) in [6, 6.07) is 16.1. The highest BCUT2D eigenvalue weighted by Gasteiger charge is 2.29. The molecular weight excluding hydrogens is 440 g/mol. The first kappa shape index (κ1) is 21.2. The van der Waals surface area contributed by atoms with Gasteiger partial charge in [-0.2, -0.15) is 0 Å². The van der Waals surface area contributed by atoms with Crippen LogP contribution in [-0.4, -0.2) is 41.0 Å². The Hall–Kier alpha value is -3.71. The van der Waals surface area contributed by atoms with Crippen molar-refractivity contribution in [2.45, 2.75) is 18.8 Å². The zero-order valence-corrected chi connectivity index (χ0v) is 18.9. The van der Waals surface area contributed by atoms with Crippen LogP contribution in [0.1, 0.15) is 45.2 Å². The second kappa shape index (κ2) is 8.33. The summed E-state index contributed by atoms with van der Waals surface area (Å²) in [7, 11) is 3.33. The average Bonchev–Trinajstić information content (AvgIpc) is 3.59. The van der Waals surface area contributed by atoms with E-state index in [0.717, 1.165) is 24.1 Å². The smallest absolute Gasteiger partial charge is 0.259 e. The third-order valence-corrected chi connectivity index (χ3v) is 5.95. The number of amides is 2. The molecular formula is C25H21ClN4O3. The molecule has 0 aliphatic heterocycles. The molecule has 2 aromatic heterocycles. The van der Waals surface area contributed by atoms with Crippen LogP contribution in [0.3, 0.4) is 0 Å². The number of nitrogens with zero attached hydrogens (tertiary/aromatic N) is 3. The molecule has 2 heterocycles. The number of hydrogen-bond donors (Lipinski definition) is 1. The molecule has 2 amide bonds. The van der Waals surface area contributed by atoms with E-state index in [9.17, 15) is 9.59 Å². The monoisotopic (exact) mass is 460 g/mol. The average molecular weight is 461 g/mol. The summed E-state index contributed by atoms with van der Waals surface area (Å²) in [6.07, 6.45) is 2.06. The number of rotatable bonds is 5. The van der Waals surface area contributed by atoms with Gasteiger partial charge in [-0.1, -0.05) is 47.1 Å². The maximum Gasteiger partial charge on any atom is 0.259 e. The molecule has 1 fully saturated rings. The summed E-state index contributed by atoms with van der Waals surface area (Å²) in [5.41, 5.74) is 3.69. The number of pyridine rings is 1. The van der Waals surface area contributed by atoms with Gasteiger partial charge in [0.05, 0.1) is 21.7 Å². The molecule has 1 aliphatic carbocycles. The van der Waals surface area contributed by atoms with Gasteiger partial charge in [-0.25, -0.2) is 4.98 Å². The highest BCUT2D eigenvalue weighted by molar-refractivity contribution is 6.34. The molecule has 4 aromatic rings. The summed E-state index contributed by atoms with van der Waals surface area (Å²) in [4.78, 5) is 32.0. The fraction of sp³-hybridized carbons (Fsp3) is 0.200. The summed E-state index contributed by atoms with van der Waals surface area (Å²) in [5, 5.41) is 7.96. The molecule has 7 nitrogen and oxygen atoms in total. The van der Waals surface area contributed by atoms with Crippen molar-refractivity contribution in [2.24, 2.45) is 0 Å². The first-order valence-corrected chi connectivity index (χ1v) is 11.0. The predicted octanol–water partition coefficient (Wildman–Crippen LogP) is 5.37. The van der Waals surface area contributed by atoms with Crippen molar-refractivity contribution in [1.29, 1.82) is 0 Å². The first-order valence-electron chi connectivity index (χ1n) is 10.6. The van der Waals surface area contributed by atoms with Gasteiger partial charge in [0, 0.05) is 36.8 Å². The summed E-state index contributed by atoms with van der Waals surface area (Å²) < 4.78 is 5.55. The molecule has 2 aromatic carbocycles. The lowest BCUT2D eigenvalue weighted by Crippen LogP contribution is -2.22. The number of fused-ring (bicyclic) bond motifs is 1. The fourth-order valence-corrected chi connectivity index (χ4v) is 3.90. The molecule has 0 bridgehead atoms. The van der Waals surface area contributed by atoms with Gasteiger partial charge in [-0.3, -0.25) is 9.59 Å². The Bertz CT molecular complexity index is 1380. The quantitative estimate of drug-likeness (QED) is 0.432. The molecule has 166 valence electrons. The molecule has 0 atom stereocenters. The van der Waals surface area contributed by atoms with Crippen LogP contribution in [-0.2, 0) is 0 Å². The van der Waals surface area contributed by atoms with Crippen molar-refractivity contribution < 1.29 is 14.1 Å². The van der Waals surface area contributed by atoms with Crippen molar-refractivity contribution in [3.05, 3.63) is 76.4 Å².